The van der Waals surface area contributed by atoms with Crippen molar-refractivity contribution in [2.45, 2.75) is 24.6 Å². The molecule has 1 aliphatic rings. The molecular weight excluding hydrogens is 372 g/mol. The lowest BCUT2D eigenvalue weighted by Crippen LogP contribution is -2.06. The number of alkyl halides is 1. The monoisotopic (exact) mass is 384 g/mol. The summed E-state index contributed by atoms with van der Waals surface area (Å²) in [5.41, 5.74) is 4.40. The number of hydrogen-bond donors (Lipinski definition) is 0. The van der Waals surface area contributed by atoms with Crippen LogP contribution in [-0.2, 0) is 12.8 Å². The third kappa shape index (κ3) is 2.33. The zero-order valence-corrected chi connectivity index (χ0v) is 14.1. The molecule has 0 aliphatic heterocycles. The fourth-order valence-electron chi connectivity index (χ4n) is 2.65. The highest BCUT2D eigenvalue weighted by molar-refractivity contribution is 9.11. The van der Waals surface area contributed by atoms with E-state index in [4.69, 9.17) is 0 Å². The summed E-state index contributed by atoms with van der Waals surface area (Å²) in [7, 11) is 0. The average Bonchev–Trinajstić information content (AvgIpc) is 2.93. The normalized spacial score (nSPS) is 16.8. The first-order chi connectivity index (χ1) is 8.65. The fraction of sp³-hybridized carbons (Fsp3) is 0.333. The van der Waals surface area contributed by atoms with Crippen LogP contribution in [0.5, 0.6) is 0 Å². The molecule has 2 aromatic rings. The summed E-state index contributed by atoms with van der Waals surface area (Å²) in [4.78, 5) is 1.91. The molecule has 1 atom stereocenters. The van der Waals surface area contributed by atoms with Crippen molar-refractivity contribution < 1.29 is 0 Å². The first-order valence-corrected chi connectivity index (χ1v) is 8.64. The smallest absolute Gasteiger partial charge is 0.0730 e. The van der Waals surface area contributed by atoms with E-state index in [-0.39, 0.29) is 0 Å². The predicted octanol–water partition coefficient (Wildman–Crippen LogP) is 5.67. The van der Waals surface area contributed by atoms with Crippen molar-refractivity contribution in [3.8, 4) is 0 Å². The standard InChI is InChI=1S/C15H14Br2S/c1-9-6-13(18-15(9)17)14(16)12-7-10-4-2-3-5-11(10)8-12/h2-6,12,14H,7-8H2,1H3. The van der Waals surface area contributed by atoms with Crippen LogP contribution in [0.3, 0.4) is 0 Å². The van der Waals surface area contributed by atoms with Gasteiger partial charge in [0.2, 0.25) is 0 Å². The lowest BCUT2D eigenvalue weighted by molar-refractivity contribution is 0.559. The molecule has 1 aliphatic carbocycles. The van der Waals surface area contributed by atoms with Crippen molar-refractivity contribution >= 4 is 43.2 Å². The van der Waals surface area contributed by atoms with E-state index in [0.29, 0.717) is 10.7 Å². The highest BCUT2D eigenvalue weighted by atomic mass is 79.9. The van der Waals surface area contributed by atoms with Crippen molar-refractivity contribution in [3.63, 3.8) is 0 Å². The second-order valence-electron chi connectivity index (χ2n) is 4.94. The SMILES string of the molecule is Cc1cc(C(Br)C2Cc3ccccc3C2)sc1Br. The molecule has 94 valence electrons. The summed E-state index contributed by atoms with van der Waals surface area (Å²) in [6, 6.07) is 11.1. The highest BCUT2D eigenvalue weighted by Gasteiger charge is 2.29. The summed E-state index contributed by atoms with van der Waals surface area (Å²) >= 11 is 9.39. The van der Waals surface area contributed by atoms with Crippen molar-refractivity contribution in [1.29, 1.82) is 0 Å². The van der Waals surface area contributed by atoms with Gasteiger partial charge in [0.05, 0.1) is 8.61 Å². The minimum atomic E-state index is 0.472. The molecule has 0 radical (unpaired) electrons. The number of fused-ring (bicyclic) bond motifs is 1. The number of thiophene rings is 1. The summed E-state index contributed by atoms with van der Waals surface area (Å²) in [5.74, 6) is 0.687. The number of hydrogen-bond acceptors (Lipinski definition) is 1. The van der Waals surface area contributed by atoms with Crippen molar-refractivity contribution in [2.75, 3.05) is 0 Å². The van der Waals surface area contributed by atoms with Gasteiger partial charge in [-0.05, 0) is 64.4 Å². The molecule has 0 saturated carbocycles. The minimum Gasteiger partial charge on any atom is -0.132 e. The number of rotatable bonds is 2. The van der Waals surface area contributed by atoms with Gasteiger partial charge in [-0.2, -0.15) is 0 Å². The van der Waals surface area contributed by atoms with E-state index in [1.807, 2.05) is 11.3 Å². The predicted molar refractivity (Wildman–Crippen MR) is 85.8 cm³/mol. The average molecular weight is 386 g/mol. The van der Waals surface area contributed by atoms with E-state index in [0.717, 1.165) is 0 Å². The fourth-order valence-corrected chi connectivity index (χ4v) is 5.08. The van der Waals surface area contributed by atoms with Crippen molar-refractivity contribution in [2.24, 2.45) is 5.92 Å². The summed E-state index contributed by atoms with van der Waals surface area (Å²) in [6.07, 6.45) is 2.39. The molecule has 0 spiro atoms. The second-order valence-corrected chi connectivity index (χ2v) is 8.33. The van der Waals surface area contributed by atoms with Gasteiger partial charge >= 0.3 is 0 Å². The largest absolute Gasteiger partial charge is 0.132 e. The Bertz CT molecular complexity index is 529. The molecule has 1 aromatic heterocycles. The third-order valence-electron chi connectivity index (χ3n) is 3.64. The van der Waals surface area contributed by atoms with Gasteiger partial charge in [-0.25, -0.2) is 0 Å². The van der Waals surface area contributed by atoms with E-state index in [9.17, 15) is 0 Å². The van der Waals surface area contributed by atoms with E-state index in [1.165, 1.54) is 38.2 Å². The number of benzene rings is 1. The molecule has 1 heterocycles. The van der Waals surface area contributed by atoms with Crippen LogP contribution in [0.1, 0.15) is 26.4 Å². The number of aryl methyl sites for hydroxylation is 1. The Hall–Kier alpha value is -0.120. The number of halogens is 2. The maximum absolute atomic E-state index is 3.91. The van der Waals surface area contributed by atoms with Crippen LogP contribution in [0.2, 0.25) is 0 Å². The van der Waals surface area contributed by atoms with E-state index in [2.05, 4.69) is 69.1 Å². The zero-order chi connectivity index (χ0) is 12.7. The maximum Gasteiger partial charge on any atom is 0.0730 e. The van der Waals surface area contributed by atoms with Crippen LogP contribution in [0.25, 0.3) is 0 Å². The van der Waals surface area contributed by atoms with Gasteiger partial charge in [0.25, 0.3) is 0 Å². The first kappa shape index (κ1) is 12.9. The van der Waals surface area contributed by atoms with Crippen LogP contribution in [-0.4, -0.2) is 0 Å². The Balaban J connectivity index is 1.82. The molecular formula is C15H14Br2S. The molecule has 3 rings (SSSR count). The lowest BCUT2D eigenvalue weighted by Gasteiger charge is -2.15. The Morgan fingerprint density at radius 2 is 1.83 bits per heavy atom. The molecule has 0 bridgehead atoms. The Morgan fingerprint density at radius 1 is 1.22 bits per heavy atom. The topological polar surface area (TPSA) is 0 Å². The molecule has 0 amide bonds. The summed E-state index contributed by atoms with van der Waals surface area (Å²) in [6.45, 7) is 2.16. The molecule has 3 heteroatoms. The molecule has 0 N–H and O–H groups in total. The van der Waals surface area contributed by atoms with Gasteiger partial charge < -0.3 is 0 Å². The summed E-state index contributed by atoms with van der Waals surface area (Å²) in [5, 5.41) is 0. The van der Waals surface area contributed by atoms with Gasteiger partial charge in [0, 0.05) is 4.88 Å². The lowest BCUT2D eigenvalue weighted by atomic mass is 10.0. The van der Waals surface area contributed by atoms with Gasteiger partial charge in [-0.3, -0.25) is 0 Å². The molecule has 0 fully saturated rings. The van der Waals surface area contributed by atoms with Crippen molar-refractivity contribution in [1.82, 2.24) is 0 Å². The first-order valence-electron chi connectivity index (χ1n) is 6.12. The van der Waals surface area contributed by atoms with E-state index in [1.54, 1.807) is 0 Å². The van der Waals surface area contributed by atoms with Gasteiger partial charge in [0.1, 0.15) is 0 Å². The molecule has 1 unspecified atom stereocenters. The van der Waals surface area contributed by atoms with E-state index < -0.39 is 0 Å². The highest BCUT2D eigenvalue weighted by Crippen LogP contribution is 2.44. The molecule has 0 saturated heterocycles. The van der Waals surface area contributed by atoms with Crippen LogP contribution in [0.15, 0.2) is 34.1 Å². The Labute approximate surface area is 129 Å². The van der Waals surface area contributed by atoms with Crippen molar-refractivity contribution in [3.05, 3.63) is 55.7 Å². The summed E-state index contributed by atoms with van der Waals surface area (Å²) < 4.78 is 1.26. The zero-order valence-electron chi connectivity index (χ0n) is 10.1. The van der Waals surface area contributed by atoms with Crippen LogP contribution < -0.4 is 0 Å². The molecule has 18 heavy (non-hydrogen) atoms. The van der Waals surface area contributed by atoms with Crippen LogP contribution >= 0.6 is 43.2 Å². The van der Waals surface area contributed by atoms with Gasteiger partial charge in [-0.15, -0.1) is 11.3 Å². The van der Waals surface area contributed by atoms with E-state index >= 15 is 0 Å². The quantitative estimate of drug-likeness (QED) is 0.584. The molecule has 0 nitrogen and oxygen atoms in total. The van der Waals surface area contributed by atoms with Crippen LogP contribution in [0.4, 0.5) is 0 Å². The third-order valence-corrected chi connectivity index (χ3v) is 7.41. The minimum absolute atomic E-state index is 0.472. The van der Waals surface area contributed by atoms with Crippen LogP contribution in [0, 0.1) is 12.8 Å². The maximum atomic E-state index is 3.91. The Morgan fingerprint density at radius 3 is 2.33 bits per heavy atom. The van der Waals surface area contributed by atoms with Gasteiger partial charge in [0.15, 0.2) is 0 Å². The van der Waals surface area contributed by atoms with Gasteiger partial charge in [-0.1, -0.05) is 40.2 Å². The Kier molecular flexibility index (Phi) is 3.65. The second kappa shape index (κ2) is 5.10. The molecule has 1 aromatic carbocycles.